The minimum Gasteiger partial charge on any atom is -0.457 e. The standard InChI is InChI=1S/C8H7Cl2NO2/c1-2-3-13-8(12)6-4-5(9)7(10)11-6/h2,4,11H,1,3H2. The largest absolute Gasteiger partial charge is 0.457 e. The van der Waals surface area contributed by atoms with Crippen molar-refractivity contribution >= 4 is 29.2 Å². The number of carbonyl (C=O) groups is 1. The van der Waals surface area contributed by atoms with Crippen LogP contribution < -0.4 is 0 Å². The maximum atomic E-state index is 11.2. The first-order chi connectivity index (χ1) is 6.15. The van der Waals surface area contributed by atoms with E-state index < -0.39 is 5.97 Å². The van der Waals surface area contributed by atoms with Gasteiger partial charge in [-0.05, 0) is 6.07 Å². The summed E-state index contributed by atoms with van der Waals surface area (Å²) in [6, 6.07) is 1.41. The quantitative estimate of drug-likeness (QED) is 0.628. The molecule has 0 saturated heterocycles. The Balaban J connectivity index is 2.71. The summed E-state index contributed by atoms with van der Waals surface area (Å²) < 4.78 is 4.74. The van der Waals surface area contributed by atoms with Gasteiger partial charge in [0.1, 0.15) is 17.5 Å². The fourth-order valence-electron chi connectivity index (χ4n) is 0.726. The maximum absolute atomic E-state index is 11.2. The van der Waals surface area contributed by atoms with E-state index in [1.54, 1.807) is 0 Å². The number of hydrogen-bond acceptors (Lipinski definition) is 2. The highest BCUT2D eigenvalue weighted by Crippen LogP contribution is 2.22. The third kappa shape index (κ3) is 2.50. The number of rotatable bonds is 3. The second-order valence-electron chi connectivity index (χ2n) is 2.23. The lowest BCUT2D eigenvalue weighted by Crippen LogP contribution is -2.04. The Morgan fingerprint density at radius 3 is 2.85 bits per heavy atom. The SMILES string of the molecule is C=CCOC(=O)c1cc(Cl)c(Cl)[nH]1. The zero-order valence-electron chi connectivity index (χ0n) is 6.64. The monoisotopic (exact) mass is 219 g/mol. The average Bonchev–Trinajstić information content (AvgIpc) is 2.43. The van der Waals surface area contributed by atoms with Crippen molar-refractivity contribution in [3.05, 3.63) is 34.6 Å². The minimum atomic E-state index is -0.506. The van der Waals surface area contributed by atoms with Crippen LogP contribution in [0.3, 0.4) is 0 Å². The first kappa shape index (κ1) is 10.2. The molecule has 0 aromatic carbocycles. The molecule has 70 valence electrons. The Morgan fingerprint density at radius 1 is 1.69 bits per heavy atom. The van der Waals surface area contributed by atoms with Crippen molar-refractivity contribution in [1.29, 1.82) is 0 Å². The highest BCUT2D eigenvalue weighted by atomic mass is 35.5. The summed E-state index contributed by atoms with van der Waals surface area (Å²) in [7, 11) is 0. The molecule has 0 amide bonds. The van der Waals surface area contributed by atoms with E-state index in [2.05, 4.69) is 11.6 Å². The van der Waals surface area contributed by atoms with Gasteiger partial charge in [-0.25, -0.2) is 4.79 Å². The molecule has 0 aliphatic heterocycles. The van der Waals surface area contributed by atoms with Crippen LogP contribution in [0.5, 0.6) is 0 Å². The second-order valence-corrected chi connectivity index (χ2v) is 3.02. The molecule has 0 aliphatic rings. The molecule has 1 heterocycles. The van der Waals surface area contributed by atoms with Gasteiger partial charge in [0.25, 0.3) is 0 Å². The molecule has 0 radical (unpaired) electrons. The molecule has 0 aliphatic carbocycles. The van der Waals surface area contributed by atoms with Gasteiger partial charge in [0.2, 0.25) is 0 Å². The van der Waals surface area contributed by atoms with Gasteiger partial charge in [0.15, 0.2) is 0 Å². The van der Waals surface area contributed by atoms with E-state index in [4.69, 9.17) is 27.9 Å². The van der Waals surface area contributed by atoms with E-state index >= 15 is 0 Å². The van der Waals surface area contributed by atoms with Crippen LogP contribution in [0.15, 0.2) is 18.7 Å². The van der Waals surface area contributed by atoms with Crippen LogP contribution in [0.4, 0.5) is 0 Å². The van der Waals surface area contributed by atoms with Crippen LogP contribution in [0.2, 0.25) is 10.2 Å². The number of carbonyl (C=O) groups excluding carboxylic acids is 1. The van der Waals surface area contributed by atoms with Crippen molar-refractivity contribution in [2.75, 3.05) is 6.61 Å². The molecule has 1 aromatic rings. The number of ether oxygens (including phenoxy) is 1. The van der Waals surface area contributed by atoms with Crippen molar-refractivity contribution in [1.82, 2.24) is 4.98 Å². The molecule has 0 unspecified atom stereocenters. The van der Waals surface area contributed by atoms with E-state index in [0.717, 1.165) is 0 Å². The summed E-state index contributed by atoms with van der Waals surface area (Å²) in [6.45, 7) is 3.57. The number of halogens is 2. The van der Waals surface area contributed by atoms with E-state index in [9.17, 15) is 4.79 Å². The summed E-state index contributed by atoms with van der Waals surface area (Å²) in [5, 5.41) is 0.527. The lowest BCUT2D eigenvalue weighted by molar-refractivity contribution is 0.0543. The maximum Gasteiger partial charge on any atom is 0.355 e. The number of aromatic amines is 1. The van der Waals surface area contributed by atoms with E-state index in [-0.39, 0.29) is 17.5 Å². The number of aromatic nitrogens is 1. The average molecular weight is 220 g/mol. The molecule has 1 N–H and O–H groups in total. The molecule has 1 aromatic heterocycles. The van der Waals surface area contributed by atoms with Crippen molar-refractivity contribution in [3.8, 4) is 0 Å². The van der Waals surface area contributed by atoms with Crippen molar-refractivity contribution in [2.45, 2.75) is 0 Å². The normalized spacial score (nSPS) is 9.69. The van der Waals surface area contributed by atoms with E-state index in [1.807, 2.05) is 0 Å². The van der Waals surface area contributed by atoms with Gasteiger partial charge in [0.05, 0.1) is 5.02 Å². The third-order valence-electron chi connectivity index (χ3n) is 1.28. The Bertz CT molecular complexity index is 313. The topological polar surface area (TPSA) is 42.1 Å². The fraction of sp³-hybridized carbons (Fsp3) is 0.125. The summed E-state index contributed by atoms with van der Waals surface area (Å²) in [4.78, 5) is 13.7. The first-order valence-corrected chi connectivity index (χ1v) is 4.22. The Labute approximate surface area is 85.3 Å². The Morgan fingerprint density at radius 2 is 2.38 bits per heavy atom. The predicted octanol–water partition coefficient (Wildman–Crippen LogP) is 2.66. The Hall–Kier alpha value is -0.930. The molecule has 0 atom stereocenters. The highest BCUT2D eigenvalue weighted by molar-refractivity contribution is 6.41. The summed E-state index contributed by atoms with van der Waals surface area (Å²) in [6.07, 6.45) is 1.48. The van der Waals surface area contributed by atoms with Crippen molar-refractivity contribution < 1.29 is 9.53 Å². The number of nitrogens with one attached hydrogen (secondary N) is 1. The van der Waals surface area contributed by atoms with Gasteiger partial charge < -0.3 is 9.72 Å². The highest BCUT2D eigenvalue weighted by Gasteiger charge is 2.11. The molecule has 0 spiro atoms. The van der Waals surface area contributed by atoms with E-state index in [0.29, 0.717) is 5.02 Å². The van der Waals surface area contributed by atoms with Crippen LogP contribution in [0, 0.1) is 0 Å². The smallest absolute Gasteiger partial charge is 0.355 e. The van der Waals surface area contributed by atoms with Crippen LogP contribution in [-0.2, 0) is 4.74 Å². The lowest BCUT2D eigenvalue weighted by atomic mass is 10.4. The summed E-state index contributed by atoms with van der Waals surface area (Å²) >= 11 is 11.2. The molecule has 3 nitrogen and oxygen atoms in total. The molecule has 13 heavy (non-hydrogen) atoms. The number of esters is 1. The lowest BCUT2D eigenvalue weighted by Gasteiger charge is -1.97. The first-order valence-electron chi connectivity index (χ1n) is 3.47. The molecule has 1 rings (SSSR count). The third-order valence-corrected chi connectivity index (χ3v) is 1.97. The van der Waals surface area contributed by atoms with Crippen molar-refractivity contribution in [2.24, 2.45) is 0 Å². The van der Waals surface area contributed by atoms with Crippen LogP contribution >= 0.6 is 23.2 Å². The predicted molar refractivity (Wildman–Crippen MR) is 51.3 cm³/mol. The zero-order valence-corrected chi connectivity index (χ0v) is 8.15. The van der Waals surface area contributed by atoms with Gasteiger partial charge in [-0.15, -0.1) is 0 Å². The zero-order chi connectivity index (χ0) is 9.84. The van der Waals surface area contributed by atoms with E-state index in [1.165, 1.54) is 12.1 Å². The van der Waals surface area contributed by atoms with Gasteiger partial charge in [-0.1, -0.05) is 35.9 Å². The molecule has 0 saturated carbocycles. The minimum absolute atomic E-state index is 0.160. The van der Waals surface area contributed by atoms with Gasteiger partial charge >= 0.3 is 5.97 Å². The molecule has 5 heteroatoms. The molecule has 0 bridgehead atoms. The van der Waals surface area contributed by atoms with Gasteiger partial charge in [0, 0.05) is 0 Å². The van der Waals surface area contributed by atoms with Gasteiger partial charge in [-0.3, -0.25) is 0 Å². The second kappa shape index (κ2) is 4.35. The molecule has 0 fully saturated rings. The number of hydrogen-bond donors (Lipinski definition) is 1. The van der Waals surface area contributed by atoms with Crippen LogP contribution in [0.1, 0.15) is 10.5 Å². The summed E-state index contributed by atoms with van der Waals surface area (Å²) in [5.74, 6) is -0.506. The van der Waals surface area contributed by atoms with Crippen molar-refractivity contribution in [3.63, 3.8) is 0 Å². The fourth-order valence-corrected chi connectivity index (χ4v) is 1.04. The van der Waals surface area contributed by atoms with Gasteiger partial charge in [-0.2, -0.15) is 0 Å². The number of H-pyrrole nitrogens is 1. The molecular formula is C8H7Cl2NO2. The van der Waals surface area contributed by atoms with Crippen LogP contribution in [0.25, 0.3) is 0 Å². The van der Waals surface area contributed by atoms with Crippen LogP contribution in [-0.4, -0.2) is 17.6 Å². The summed E-state index contributed by atoms with van der Waals surface area (Å²) in [5.41, 5.74) is 0.233. The molecular weight excluding hydrogens is 213 g/mol. The Kier molecular flexibility index (Phi) is 3.39.